The van der Waals surface area contributed by atoms with Crippen LogP contribution in [0.2, 0.25) is 0 Å². The maximum atomic E-state index is 12.1. The van der Waals surface area contributed by atoms with Crippen LogP contribution in [0.4, 0.5) is 11.4 Å². The number of benzene rings is 2. The molecule has 136 valence electrons. The molecule has 1 atom stereocenters. The number of aromatic nitrogens is 1. The van der Waals surface area contributed by atoms with Crippen LogP contribution in [0, 0.1) is 11.3 Å². The van der Waals surface area contributed by atoms with E-state index in [0.29, 0.717) is 17.8 Å². The first-order valence-corrected chi connectivity index (χ1v) is 8.86. The van der Waals surface area contributed by atoms with Crippen LogP contribution in [0.3, 0.4) is 0 Å². The van der Waals surface area contributed by atoms with Gasteiger partial charge in [-0.2, -0.15) is 10.4 Å². The van der Waals surface area contributed by atoms with E-state index in [2.05, 4.69) is 11.1 Å². The van der Waals surface area contributed by atoms with E-state index >= 15 is 0 Å². The highest BCUT2D eigenvalue weighted by Gasteiger charge is 2.33. The van der Waals surface area contributed by atoms with Gasteiger partial charge >= 0.3 is 0 Å². The molecule has 3 aromatic rings. The fourth-order valence-electron chi connectivity index (χ4n) is 3.23. The predicted octanol–water partition coefficient (Wildman–Crippen LogP) is 3.21. The molecule has 1 aliphatic heterocycles. The Morgan fingerprint density at radius 2 is 1.75 bits per heavy atom. The fourth-order valence-corrected chi connectivity index (χ4v) is 3.23. The molecule has 0 amide bonds. The van der Waals surface area contributed by atoms with Gasteiger partial charge in [0.25, 0.3) is 0 Å². The minimum atomic E-state index is -0.677. The molecule has 1 unspecified atom stereocenters. The van der Waals surface area contributed by atoms with Crippen molar-refractivity contribution in [3.63, 3.8) is 0 Å². The fraction of sp³-hybridized carbons (Fsp3) is 0.0909. The number of hydrogen-bond acceptors (Lipinski definition) is 6. The van der Waals surface area contributed by atoms with Gasteiger partial charge in [0.05, 0.1) is 23.5 Å². The zero-order valence-electron chi connectivity index (χ0n) is 15.0. The van der Waals surface area contributed by atoms with Crippen molar-refractivity contribution in [3.8, 4) is 6.07 Å². The lowest BCUT2D eigenvalue weighted by Gasteiger charge is -2.40. The summed E-state index contributed by atoms with van der Waals surface area (Å²) in [6.45, 7) is 0.426. The first-order chi connectivity index (χ1) is 13.8. The Morgan fingerprint density at radius 3 is 2.46 bits per heavy atom. The van der Waals surface area contributed by atoms with E-state index in [4.69, 9.17) is 5.10 Å². The maximum absolute atomic E-state index is 12.1. The standard InChI is InChI=1S/C22H17N5O/c23-14-17-8-4-5-12-21(17)27-22(16-28)26(18-9-2-1-3-10-18)15-20(25-27)19-11-6-7-13-24-19/h1-13,16,22H,15H2. The molecule has 1 aliphatic rings. The number of para-hydroxylation sites is 2. The van der Waals surface area contributed by atoms with Crippen molar-refractivity contribution in [2.45, 2.75) is 6.17 Å². The van der Waals surface area contributed by atoms with E-state index in [-0.39, 0.29) is 0 Å². The van der Waals surface area contributed by atoms with Crippen LogP contribution in [0.25, 0.3) is 0 Å². The van der Waals surface area contributed by atoms with E-state index in [9.17, 15) is 10.1 Å². The highest BCUT2D eigenvalue weighted by molar-refractivity contribution is 6.04. The number of carbonyl (C=O) groups excluding carboxylic acids is 1. The molecule has 0 aliphatic carbocycles. The Morgan fingerprint density at radius 1 is 1.00 bits per heavy atom. The molecule has 2 aromatic carbocycles. The van der Waals surface area contributed by atoms with Crippen LogP contribution < -0.4 is 9.91 Å². The molecule has 6 heteroatoms. The largest absolute Gasteiger partial charge is 0.338 e. The highest BCUT2D eigenvalue weighted by Crippen LogP contribution is 2.29. The van der Waals surface area contributed by atoms with Crippen LogP contribution in [-0.4, -0.2) is 29.7 Å². The number of nitriles is 1. The number of aldehydes is 1. The summed E-state index contributed by atoms with van der Waals surface area (Å²) in [6, 6.07) is 24.6. The van der Waals surface area contributed by atoms with Gasteiger partial charge in [0, 0.05) is 11.9 Å². The summed E-state index contributed by atoms with van der Waals surface area (Å²) < 4.78 is 0. The van der Waals surface area contributed by atoms with Crippen molar-refractivity contribution in [3.05, 3.63) is 90.3 Å². The molecule has 0 spiro atoms. The van der Waals surface area contributed by atoms with Gasteiger partial charge in [-0.25, -0.2) is 5.01 Å². The molecule has 2 heterocycles. The minimum Gasteiger partial charge on any atom is -0.338 e. The van der Waals surface area contributed by atoms with Gasteiger partial charge in [-0.1, -0.05) is 36.4 Å². The molecule has 4 rings (SSSR count). The number of hydrogen-bond donors (Lipinski definition) is 0. The molecule has 1 aromatic heterocycles. The Bertz CT molecular complexity index is 1040. The predicted molar refractivity (Wildman–Crippen MR) is 108 cm³/mol. The molecule has 0 radical (unpaired) electrons. The van der Waals surface area contributed by atoms with Crippen LogP contribution in [0.5, 0.6) is 0 Å². The Kier molecular flexibility index (Phi) is 4.81. The molecule has 0 N–H and O–H groups in total. The van der Waals surface area contributed by atoms with Crippen molar-refractivity contribution in [2.75, 3.05) is 16.5 Å². The van der Waals surface area contributed by atoms with E-state index in [0.717, 1.165) is 23.4 Å². The second-order valence-corrected chi connectivity index (χ2v) is 6.25. The second-order valence-electron chi connectivity index (χ2n) is 6.25. The van der Waals surface area contributed by atoms with Crippen LogP contribution in [0.15, 0.2) is 84.1 Å². The lowest BCUT2D eigenvalue weighted by molar-refractivity contribution is -0.109. The van der Waals surface area contributed by atoms with Crippen molar-refractivity contribution in [1.29, 1.82) is 5.26 Å². The van der Waals surface area contributed by atoms with Crippen LogP contribution >= 0.6 is 0 Å². The van der Waals surface area contributed by atoms with Crippen molar-refractivity contribution >= 4 is 23.4 Å². The zero-order chi connectivity index (χ0) is 19.3. The first-order valence-electron chi connectivity index (χ1n) is 8.86. The summed E-state index contributed by atoms with van der Waals surface area (Å²) in [5.41, 5.74) is 3.37. The first kappa shape index (κ1) is 17.4. The molecular formula is C22H17N5O. The normalized spacial score (nSPS) is 16.2. The third kappa shape index (κ3) is 3.21. The average Bonchev–Trinajstić information content (AvgIpc) is 2.79. The van der Waals surface area contributed by atoms with Gasteiger partial charge in [-0.05, 0) is 36.4 Å². The van der Waals surface area contributed by atoms with Gasteiger partial charge in [-0.15, -0.1) is 0 Å². The molecule has 0 bridgehead atoms. The van der Waals surface area contributed by atoms with E-state index < -0.39 is 6.17 Å². The van der Waals surface area contributed by atoms with Crippen LogP contribution in [0.1, 0.15) is 11.3 Å². The number of pyridine rings is 1. The third-order valence-electron chi connectivity index (χ3n) is 4.56. The summed E-state index contributed by atoms with van der Waals surface area (Å²) in [4.78, 5) is 18.5. The van der Waals surface area contributed by atoms with Gasteiger partial charge in [0.1, 0.15) is 11.8 Å². The van der Waals surface area contributed by atoms with Gasteiger partial charge < -0.3 is 4.90 Å². The monoisotopic (exact) mass is 367 g/mol. The maximum Gasteiger partial charge on any atom is 0.180 e. The molecule has 0 fully saturated rings. The van der Waals surface area contributed by atoms with Crippen molar-refractivity contribution < 1.29 is 4.79 Å². The van der Waals surface area contributed by atoms with E-state index in [1.54, 1.807) is 29.4 Å². The smallest absolute Gasteiger partial charge is 0.180 e. The summed E-state index contributed by atoms with van der Waals surface area (Å²) >= 11 is 0. The topological polar surface area (TPSA) is 72.6 Å². The third-order valence-corrected chi connectivity index (χ3v) is 4.56. The van der Waals surface area contributed by atoms with Crippen molar-refractivity contribution in [2.24, 2.45) is 5.10 Å². The number of anilines is 2. The van der Waals surface area contributed by atoms with Gasteiger partial charge in [0.15, 0.2) is 12.5 Å². The minimum absolute atomic E-state index is 0.426. The highest BCUT2D eigenvalue weighted by atomic mass is 16.1. The Balaban J connectivity index is 1.88. The van der Waals surface area contributed by atoms with E-state index in [1.165, 1.54) is 0 Å². The number of rotatable bonds is 4. The summed E-state index contributed by atoms with van der Waals surface area (Å²) in [7, 11) is 0. The zero-order valence-corrected chi connectivity index (χ0v) is 15.0. The Hall–Kier alpha value is -3.98. The van der Waals surface area contributed by atoms with Crippen LogP contribution in [-0.2, 0) is 4.79 Å². The summed E-state index contributed by atoms with van der Waals surface area (Å²) in [5, 5.41) is 15.9. The SMILES string of the molecule is N#Cc1ccccc1N1N=C(c2ccccn2)CN(c2ccccc2)C1C=O. The lowest BCUT2D eigenvalue weighted by Crippen LogP contribution is -2.54. The Labute approximate surface area is 163 Å². The number of hydrazone groups is 1. The molecular weight excluding hydrogens is 350 g/mol. The number of carbonyl (C=O) groups is 1. The van der Waals surface area contributed by atoms with Gasteiger partial charge in [-0.3, -0.25) is 9.78 Å². The lowest BCUT2D eigenvalue weighted by atomic mass is 10.1. The molecule has 6 nitrogen and oxygen atoms in total. The summed E-state index contributed by atoms with van der Waals surface area (Å²) in [5.74, 6) is 0. The summed E-state index contributed by atoms with van der Waals surface area (Å²) in [6.07, 6.45) is 1.88. The molecule has 28 heavy (non-hydrogen) atoms. The quantitative estimate of drug-likeness (QED) is 0.662. The molecule has 0 saturated heterocycles. The number of nitrogens with zero attached hydrogens (tertiary/aromatic N) is 5. The molecule has 0 saturated carbocycles. The van der Waals surface area contributed by atoms with Gasteiger partial charge in [0.2, 0.25) is 0 Å². The average molecular weight is 367 g/mol. The second kappa shape index (κ2) is 7.72. The van der Waals surface area contributed by atoms with Crippen molar-refractivity contribution in [1.82, 2.24) is 4.98 Å². The van der Waals surface area contributed by atoms with E-state index in [1.807, 2.05) is 59.5 Å².